The van der Waals surface area contributed by atoms with Crippen LogP contribution in [0.15, 0.2) is 162 Å². The summed E-state index contributed by atoms with van der Waals surface area (Å²) >= 11 is 1.73. The molecule has 0 N–H and O–H groups in total. The Labute approximate surface area is 264 Å². The number of nitrogens with zero attached hydrogens (tertiary/aromatic N) is 2. The van der Waals surface area contributed by atoms with Crippen LogP contribution in [0.3, 0.4) is 0 Å². The summed E-state index contributed by atoms with van der Waals surface area (Å²) in [6, 6.07) is 55.7. The van der Waals surface area contributed by atoms with Gasteiger partial charge in [0.2, 0.25) is 0 Å². The number of aromatic nitrogens is 1. The monoisotopic (exact) mass is 594 g/mol. The maximum atomic E-state index is 6.35. The Bertz CT molecular complexity index is 2470. The van der Waals surface area contributed by atoms with Gasteiger partial charge in [0.05, 0.1) is 15.9 Å². The second-order valence-corrected chi connectivity index (χ2v) is 12.3. The number of furan rings is 1. The lowest BCUT2D eigenvalue weighted by Gasteiger charge is -2.28. The van der Waals surface area contributed by atoms with E-state index in [-0.39, 0.29) is 0 Å². The molecule has 212 valence electrons. The fourth-order valence-electron chi connectivity index (χ4n) is 6.30. The molecule has 0 bridgehead atoms. The SMILES string of the molecule is c1ccc(N(c2ccc3ccccc3c2)c2ccc3c(c2)oc2ccccc23)c(-c2ccc(-c3nc4ccccc4s3)cc2)c1. The van der Waals surface area contributed by atoms with Crippen LogP contribution in [-0.2, 0) is 0 Å². The van der Waals surface area contributed by atoms with Crippen molar-refractivity contribution in [3.8, 4) is 21.7 Å². The largest absolute Gasteiger partial charge is 0.456 e. The number of hydrogen-bond donors (Lipinski definition) is 0. The number of hydrogen-bond acceptors (Lipinski definition) is 4. The van der Waals surface area contributed by atoms with Crippen molar-refractivity contribution in [1.29, 1.82) is 0 Å². The van der Waals surface area contributed by atoms with Crippen LogP contribution in [0.25, 0.3) is 64.6 Å². The van der Waals surface area contributed by atoms with Crippen LogP contribution in [0.2, 0.25) is 0 Å². The molecule has 0 atom stereocenters. The smallest absolute Gasteiger partial charge is 0.137 e. The van der Waals surface area contributed by atoms with Crippen LogP contribution < -0.4 is 4.90 Å². The van der Waals surface area contributed by atoms with Crippen molar-refractivity contribution in [3.63, 3.8) is 0 Å². The lowest BCUT2D eigenvalue weighted by atomic mass is 10.00. The Morgan fingerprint density at radius 3 is 2.11 bits per heavy atom. The quantitative estimate of drug-likeness (QED) is 0.198. The minimum absolute atomic E-state index is 0.872. The first-order valence-electron chi connectivity index (χ1n) is 15.0. The Morgan fingerprint density at radius 2 is 1.20 bits per heavy atom. The van der Waals surface area contributed by atoms with Crippen molar-refractivity contribution in [1.82, 2.24) is 4.98 Å². The number of para-hydroxylation sites is 3. The van der Waals surface area contributed by atoms with Gasteiger partial charge in [-0.1, -0.05) is 103 Å². The van der Waals surface area contributed by atoms with Crippen LogP contribution in [0.4, 0.5) is 17.1 Å². The summed E-state index contributed by atoms with van der Waals surface area (Å²) in [6.45, 7) is 0. The summed E-state index contributed by atoms with van der Waals surface area (Å²) in [5, 5.41) is 5.69. The highest BCUT2D eigenvalue weighted by Gasteiger charge is 2.19. The second kappa shape index (κ2) is 10.5. The van der Waals surface area contributed by atoms with E-state index in [0.717, 1.165) is 66.2 Å². The molecule has 2 heterocycles. The highest BCUT2D eigenvalue weighted by Crippen LogP contribution is 2.43. The molecule has 2 aromatic heterocycles. The predicted octanol–water partition coefficient (Wildman–Crippen LogP) is 12.2. The molecule has 0 saturated carbocycles. The van der Waals surface area contributed by atoms with Crippen LogP contribution in [0.5, 0.6) is 0 Å². The Morgan fingerprint density at radius 1 is 0.511 bits per heavy atom. The molecule has 0 aliphatic rings. The average Bonchev–Trinajstić information content (AvgIpc) is 3.70. The van der Waals surface area contributed by atoms with Gasteiger partial charge in [-0.2, -0.15) is 0 Å². The van der Waals surface area contributed by atoms with E-state index < -0.39 is 0 Å². The Hall–Kier alpha value is -5.71. The van der Waals surface area contributed by atoms with Crippen LogP contribution in [0.1, 0.15) is 0 Å². The molecule has 4 heteroatoms. The maximum absolute atomic E-state index is 6.35. The van der Waals surface area contributed by atoms with E-state index in [4.69, 9.17) is 9.40 Å². The van der Waals surface area contributed by atoms with E-state index in [1.165, 1.54) is 15.5 Å². The molecular weight excluding hydrogens is 569 g/mol. The van der Waals surface area contributed by atoms with Crippen LogP contribution in [0, 0.1) is 0 Å². The first-order valence-corrected chi connectivity index (χ1v) is 15.9. The summed E-state index contributed by atoms with van der Waals surface area (Å²) in [6.07, 6.45) is 0. The third-order valence-electron chi connectivity index (χ3n) is 8.49. The summed E-state index contributed by atoms with van der Waals surface area (Å²) in [5.74, 6) is 0. The van der Waals surface area contributed by atoms with Crippen LogP contribution >= 0.6 is 11.3 Å². The molecule has 45 heavy (non-hydrogen) atoms. The van der Waals surface area contributed by atoms with Crippen molar-refractivity contribution >= 4 is 71.3 Å². The van der Waals surface area contributed by atoms with Gasteiger partial charge in [0.25, 0.3) is 0 Å². The average molecular weight is 595 g/mol. The molecular formula is C41H26N2OS. The Kier molecular flexibility index (Phi) is 6.00. The third kappa shape index (κ3) is 4.46. The molecule has 0 radical (unpaired) electrons. The lowest BCUT2D eigenvalue weighted by molar-refractivity contribution is 0.669. The summed E-state index contributed by atoms with van der Waals surface area (Å²) in [7, 11) is 0. The first-order chi connectivity index (χ1) is 22.3. The molecule has 9 rings (SSSR count). The van der Waals surface area contributed by atoms with Gasteiger partial charge < -0.3 is 9.32 Å². The molecule has 9 aromatic rings. The normalized spacial score (nSPS) is 11.6. The van der Waals surface area contributed by atoms with Gasteiger partial charge in [0.15, 0.2) is 0 Å². The fourth-order valence-corrected chi connectivity index (χ4v) is 7.27. The van der Waals surface area contributed by atoms with E-state index in [9.17, 15) is 0 Å². The van der Waals surface area contributed by atoms with Gasteiger partial charge in [0, 0.05) is 39.3 Å². The number of anilines is 3. The van der Waals surface area contributed by atoms with Crippen molar-refractivity contribution in [3.05, 3.63) is 158 Å². The second-order valence-electron chi connectivity index (χ2n) is 11.2. The third-order valence-corrected chi connectivity index (χ3v) is 9.58. The number of benzene rings is 7. The molecule has 0 unspecified atom stereocenters. The van der Waals surface area contributed by atoms with E-state index >= 15 is 0 Å². The van der Waals surface area contributed by atoms with Crippen molar-refractivity contribution in [2.45, 2.75) is 0 Å². The lowest BCUT2D eigenvalue weighted by Crippen LogP contribution is -2.11. The summed E-state index contributed by atoms with van der Waals surface area (Å²) in [4.78, 5) is 7.22. The van der Waals surface area contributed by atoms with Gasteiger partial charge in [-0.05, 0) is 64.9 Å². The Balaban J connectivity index is 1.20. The van der Waals surface area contributed by atoms with Gasteiger partial charge in [0.1, 0.15) is 16.2 Å². The number of fused-ring (bicyclic) bond motifs is 5. The fraction of sp³-hybridized carbons (Fsp3) is 0. The topological polar surface area (TPSA) is 29.3 Å². The van der Waals surface area contributed by atoms with E-state index in [1.807, 2.05) is 18.2 Å². The van der Waals surface area contributed by atoms with Gasteiger partial charge in [-0.25, -0.2) is 4.98 Å². The zero-order chi connectivity index (χ0) is 29.7. The summed E-state index contributed by atoms with van der Waals surface area (Å²) in [5.41, 5.74) is 9.44. The zero-order valence-electron chi connectivity index (χ0n) is 24.2. The molecule has 0 fully saturated rings. The van der Waals surface area contributed by atoms with E-state index in [2.05, 4.69) is 144 Å². The van der Waals surface area contributed by atoms with E-state index in [0.29, 0.717) is 0 Å². The van der Waals surface area contributed by atoms with Crippen molar-refractivity contribution in [2.75, 3.05) is 4.90 Å². The molecule has 7 aromatic carbocycles. The highest BCUT2D eigenvalue weighted by atomic mass is 32.1. The maximum Gasteiger partial charge on any atom is 0.137 e. The van der Waals surface area contributed by atoms with Crippen molar-refractivity contribution < 1.29 is 4.42 Å². The van der Waals surface area contributed by atoms with Crippen LogP contribution in [-0.4, -0.2) is 4.98 Å². The molecule has 0 aliphatic carbocycles. The first kappa shape index (κ1) is 25.8. The summed E-state index contributed by atoms with van der Waals surface area (Å²) < 4.78 is 7.55. The number of rotatable bonds is 5. The standard InChI is InChI=1S/C41H26N2OS/c1-2-10-30-25-31(22-21-27(30)9-1)43(32-23-24-35-34-12-4-7-15-38(34)44-39(35)26-32)37-14-6-3-11-33(37)28-17-19-29(20-18-28)41-42-36-13-5-8-16-40(36)45-41/h1-26H. The van der Waals surface area contributed by atoms with Gasteiger partial charge in [-0.15, -0.1) is 11.3 Å². The molecule has 0 aliphatic heterocycles. The molecule has 0 spiro atoms. The van der Waals surface area contributed by atoms with Gasteiger partial charge >= 0.3 is 0 Å². The minimum atomic E-state index is 0.872. The molecule has 3 nitrogen and oxygen atoms in total. The minimum Gasteiger partial charge on any atom is -0.456 e. The van der Waals surface area contributed by atoms with E-state index in [1.54, 1.807) is 11.3 Å². The number of thiazole rings is 1. The van der Waals surface area contributed by atoms with Crippen molar-refractivity contribution in [2.24, 2.45) is 0 Å². The van der Waals surface area contributed by atoms with Gasteiger partial charge in [-0.3, -0.25) is 0 Å². The molecule has 0 saturated heterocycles. The molecule has 0 amide bonds. The predicted molar refractivity (Wildman–Crippen MR) is 190 cm³/mol. The highest BCUT2D eigenvalue weighted by molar-refractivity contribution is 7.21. The zero-order valence-corrected chi connectivity index (χ0v) is 25.0.